The summed E-state index contributed by atoms with van der Waals surface area (Å²) in [6, 6.07) is 2.76. The lowest BCUT2D eigenvalue weighted by molar-refractivity contribution is 0.0951. The van der Waals surface area contributed by atoms with E-state index in [1.165, 1.54) is 36.9 Å². The van der Waals surface area contributed by atoms with Crippen molar-refractivity contribution in [1.29, 1.82) is 0 Å². The average molecular weight is 520 g/mol. The Labute approximate surface area is 203 Å². The van der Waals surface area contributed by atoms with E-state index >= 15 is 0 Å². The summed E-state index contributed by atoms with van der Waals surface area (Å²) in [7, 11) is -2.59. The van der Waals surface area contributed by atoms with Crippen molar-refractivity contribution in [2.45, 2.75) is 25.0 Å². The monoisotopic (exact) mass is 519 g/mol. The molecule has 0 radical (unpaired) electrons. The molecule has 4 N–H and O–H groups in total. The molecule has 4 aromatic heterocycles. The number of sulfonamides is 1. The van der Waals surface area contributed by atoms with Gasteiger partial charge in [0.15, 0.2) is 5.75 Å². The number of pyridine rings is 2. The Morgan fingerprint density at radius 3 is 2.69 bits per heavy atom. The summed E-state index contributed by atoms with van der Waals surface area (Å²) in [4.78, 5) is 32.4. The Kier molecular flexibility index (Phi) is 6.25. The number of rotatable bonds is 6. The molecule has 0 aliphatic carbocycles. The second-order valence-corrected chi connectivity index (χ2v) is 10.7. The van der Waals surface area contributed by atoms with Crippen molar-refractivity contribution < 1.29 is 22.3 Å². The second kappa shape index (κ2) is 8.91. The maximum atomic E-state index is 13.6. The number of nitrogens with one attached hydrogen (secondary N) is 2. The molecular weight excluding hydrogens is 497 g/mol. The first-order chi connectivity index (χ1) is 16.4. The van der Waals surface area contributed by atoms with Crippen molar-refractivity contribution in [2.75, 3.05) is 6.54 Å². The number of carbonyl (C=O) groups excluding carboxylic acids is 1. The summed E-state index contributed by atoms with van der Waals surface area (Å²) in [5.74, 6) is -0.728. The molecule has 184 valence electrons. The van der Waals surface area contributed by atoms with Crippen LogP contribution in [-0.2, 0) is 17.1 Å². The van der Waals surface area contributed by atoms with Crippen molar-refractivity contribution in [1.82, 2.24) is 19.9 Å². The van der Waals surface area contributed by atoms with Crippen LogP contribution in [0.4, 0.5) is 4.39 Å². The van der Waals surface area contributed by atoms with Gasteiger partial charge in [0.1, 0.15) is 21.2 Å². The Morgan fingerprint density at radius 1 is 1.34 bits per heavy atom. The molecule has 0 aliphatic heterocycles. The first kappa shape index (κ1) is 24.6. The number of amides is 1. The highest BCUT2D eigenvalue weighted by molar-refractivity contribution is 7.91. The number of carbonyl (C=O) groups is 1. The minimum absolute atomic E-state index is 0.0765. The summed E-state index contributed by atoms with van der Waals surface area (Å²) < 4.78 is 45.4. The zero-order valence-corrected chi connectivity index (χ0v) is 20.9. The summed E-state index contributed by atoms with van der Waals surface area (Å²) in [6.07, 6.45) is 2.51. The Bertz CT molecular complexity index is 1650. The number of ether oxygens (including phenoxy) is 1. The van der Waals surface area contributed by atoms with E-state index in [-0.39, 0.29) is 38.2 Å². The van der Waals surface area contributed by atoms with Crippen LogP contribution in [0, 0.1) is 19.7 Å². The predicted molar refractivity (Wildman–Crippen MR) is 130 cm³/mol. The van der Waals surface area contributed by atoms with Gasteiger partial charge in [0, 0.05) is 41.9 Å². The van der Waals surface area contributed by atoms with Gasteiger partial charge in [-0.25, -0.2) is 22.9 Å². The number of hydrogen-bond donors (Lipinski definition) is 3. The maximum absolute atomic E-state index is 13.6. The van der Waals surface area contributed by atoms with Gasteiger partial charge in [-0.15, -0.1) is 11.3 Å². The first-order valence-corrected chi connectivity index (χ1v) is 12.8. The normalized spacial score (nSPS) is 11.7. The lowest BCUT2D eigenvalue weighted by Crippen LogP contribution is -2.23. The van der Waals surface area contributed by atoms with Gasteiger partial charge in [-0.2, -0.15) is 0 Å². The number of primary sulfonamides is 1. The highest BCUT2D eigenvalue weighted by atomic mass is 32.2. The van der Waals surface area contributed by atoms with Gasteiger partial charge >= 0.3 is 0 Å². The predicted octanol–water partition coefficient (Wildman–Crippen LogP) is 2.94. The molecule has 0 bridgehead atoms. The molecule has 10 nitrogen and oxygen atoms in total. The van der Waals surface area contributed by atoms with Crippen LogP contribution in [0.2, 0.25) is 0 Å². The van der Waals surface area contributed by atoms with Crippen molar-refractivity contribution in [2.24, 2.45) is 12.2 Å². The zero-order valence-electron chi connectivity index (χ0n) is 19.2. The van der Waals surface area contributed by atoms with E-state index in [9.17, 15) is 22.4 Å². The molecule has 0 aromatic carbocycles. The largest absolute Gasteiger partial charge is 0.437 e. The Morgan fingerprint density at radius 2 is 2.06 bits per heavy atom. The smallest absolute Gasteiger partial charge is 0.274 e. The van der Waals surface area contributed by atoms with Crippen molar-refractivity contribution in [3.05, 3.63) is 57.5 Å². The fraction of sp³-hybridized carbons (Fsp3) is 0.227. The minimum atomic E-state index is -4.12. The third-order valence-corrected chi connectivity index (χ3v) is 8.16. The van der Waals surface area contributed by atoms with Crippen LogP contribution in [0.25, 0.3) is 21.3 Å². The molecule has 0 saturated carbocycles. The fourth-order valence-corrected chi connectivity index (χ4v) is 5.90. The number of thiophene rings is 1. The third kappa shape index (κ3) is 4.45. The molecule has 13 heteroatoms. The molecule has 0 atom stereocenters. The number of H-pyrrole nitrogens is 1. The van der Waals surface area contributed by atoms with Gasteiger partial charge in [0.2, 0.25) is 15.9 Å². The molecule has 0 fully saturated rings. The molecule has 35 heavy (non-hydrogen) atoms. The molecular formula is C22H22FN5O5S2. The lowest BCUT2D eigenvalue weighted by Gasteiger charge is -2.11. The highest BCUT2D eigenvalue weighted by Gasteiger charge is 2.28. The topological polar surface area (TPSA) is 149 Å². The van der Waals surface area contributed by atoms with Crippen LogP contribution in [0.3, 0.4) is 0 Å². The van der Waals surface area contributed by atoms with Gasteiger partial charge in [0.25, 0.3) is 11.5 Å². The molecule has 0 aliphatic rings. The minimum Gasteiger partial charge on any atom is -0.437 e. The maximum Gasteiger partial charge on any atom is 0.274 e. The summed E-state index contributed by atoms with van der Waals surface area (Å²) in [6.45, 7) is 5.29. The van der Waals surface area contributed by atoms with Gasteiger partial charge < -0.3 is 19.6 Å². The summed E-state index contributed by atoms with van der Waals surface area (Å²) >= 11 is 0.862. The number of fused-ring (bicyclic) bond motifs is 1. The average Bonchev–Trinajstić information content (AvgIpc) is 3.35. The van der Waals surface area contributed by atoms with Gasteiger partial charge in [-0.3, -0.25) is 9.59 Å². The number of aromatic amines is 1. The molecule has 0 saturated heterocycles. The Hall–Kier alpha value is -3.55. The standard InChI is InChI=1S/C22H22FN5O5S2/c1-5-25-19(29)15-7-13-14(9-28(4)21(30)16(13)27-15)18-17(11(3)22(34-18)35(24,31)32)33-20-10(2)6-12(23)8-26-20/h6-9,27H,5H2,1-4H3,(H,25,29)(H2,24,31,32). The van der Waals surface area contributed by atoms with E-state index in [4.69, 9.17) is 9.88 Å². The number of aromatic nitrogens is 3. The molecule has 0 spiro atoms. The van der Waals surface area contributed by atoms with Crippen LogP contribution in [0.5, 0.6) is 11.6 Å². The van der Waals surface area contributed by atoms with Gasteiger partial charge in [-0.05, 0) is 32.9 Å². The van der Waals surface area contributed by atoms with E-state index in [0.29, 0.717) is 27.9 Å². The zero-order chi connectivity index (χ0) is 25.7. The number of nitrogens with two attached hydrogens (primary N) is 1. The lowest BCUT2D eigenvalue weighted by atomic mass is 10.1. The summed E-state index contributed by atoms with van der Waals surface area (Å²) in [5, 5.41) is 8.51. The van der Waals surface area contributed by atoms with Crippen molar-refractivity contribution in [3.63, 3.8) is 0 Å². The first-order valence-electron chi connectivity index (χ1n) is 10.4. The van der Waals surface area contributed by atoms with E-state index in [2.05, 4.69) is 15.3 Å². The molecule has 4 aromatic rings. The fourth-order valence-electron chi connectivity index (χ4n) is 3.67. The number of nitrogens with zero attached hydrogens (tertiary/aromatic N) is 2. The van der Waals surface area contributed by atoms with Crippen LogP contribution in [0.15, 0.2) is 33.5 Å². The van der Waals surface area contributed by atoms with Crippen LogP contribution in [-0.4, -0.2) is 35.4 Å². The van der Waals surface area contributed by atoms with E-state index in [1.54, 1.807) is 13.8 Å². The molecule has 4 heterocycles. The molecule has 0 unspecified atom stereocenters. The number of hydrogen-bond acceptors (Lipinski definition) is 7. The highest BCUT2D eigenvalue weighted by Crippen LogP contribution is 2.47. The van der Waals surface area contributed by atoms with Crippen molar-refractivity contribution in [3.8, 4) is 22.1 Å². The quantitative estimate of drug-likeness (QED) is 0.357. The van der Waals surface area contributed by atoms with Crippen LogP contribution in [0.1, 0.15) is 28.5 Å². The molecule has 1 amide bonds. The van der Waals surface area contributed by atoms with Gasteiger partial charge in [0.05, 0.1) is 11.1 Å². The van der Waals surface area contributed by atoms with Crippen molar-refractivity contribution >= 4 is 38.2 Å². The summed E-state index contributed by atoms with van der Waals surface area (Å²) in [5.41, 5.74) is 1.02. The number of halogens is 1. The van der Waals surface area contributed by atoms with E-state index < -0.39 is 21.7 Å². The third-order valence-electron chi connectivity index (χ3n) is 5.29. The number of aryl methyl sites for hydroxylation is 2. The Balaban J connectivity index is 2.02. The molecule has 4 rings (SSSR count). The van der Waals surface area contributed by atoms with Gasteiger partial charge in [-0.1, -0.05) is 0 Å². The SMILES string of the molecule is CCNC(=O)c1cc2c(-c3sc(S(N)(=O)=O)c(C)c3Oc3ncc(F)cc3C)cn(C)c(=O)c2[nH]1. The van der Waals surface area contributed by atoms with E-state index in [0.717, 1.165) is 17.5 Å². The van der Waals surface area contributed by atoms with Crippen LogP contribution < -0.4 is 20.8 Å². The second-order valence-electron chi connectivity index (χ2n) is 7.89. The van der Waals surface area contributed by atoms with Crippen LogP contribution >= 0.6 is 11.3 Å². The van der Waals surface area contributed by atoms with E-state index in [1.807, 2.05) is 0 Å².